The van der Waals surface area contributed by atoms with Gasteiger partial charge < -0.3 is 10.6 Å². The zero-order chi connectivity index (χ0) is 12.0. The van der Waals surface area contributed by atoms with Gasteiger partial charge in [0.25, 0.3) is 0 Å². The minimum Gasteiger partial charge on any atom is -0.335 e. The fourth-order valence-corrected chi connectivity index (χ4v) is 5.03. The molecule has 2 N–H and O–H groups in total. The van der Waals surface area contributed by atoms with E-state index in [2.05, 4.69) is 11.8 Å². The highest BCUT2D eigenvalue weighted by Gasteiger charge is 2.48. The van der Waals surface area contributed by atoms with E-state index >= 15 is 0 Å². The van der Waals surface area contributed by atoms with Crippen molar-refractivity contribution < 1.29 is 4.79 Å². The number of hydrogen-bond donors (Lipinski definition) is 1. The van der Waals surface area contributed by atoms with Gasteiger partial charge in [-0.05, 0) is 51.2 Å². The summed E-state index contributed by atoms with van der Waals surface area (Å²) >= 11 is 1.86. The Morgan fingerprint density at radius 3 is 2.53 bits per heavy atom. The molecule has 0 aromatic rings. The van der Waals surface area contributed by atoms with Crippen molar-refractivity contribution in [2.75, 3.05) is 5.75 Å². The molecular formula is C13H22N2OS. The molecule has 0 saturated carbocycles. The number of carbonyl (C=O) groups is 1. The summed E-state index contributed by atoms with van der Waals surface area (Å²) in [4.78, 5) is 15.0. The van der Waals surface area contributed by atoms with Gasteiger partial charge in [-0.3, -0.25) is 4.79 Å². The first-order chi connectivity index (χ1) is 8.10. The topological polar surface area (TPSA) is 46.3 Å². The molecule has 3 saturated heterocycles. The number of nitrogens with zero attached hydrogens (tertiary/aromatic N) is 1. The Morgan fingerprint density at radius 1 is 1.35 bits per heavy atom. The predicted molar refractivity (Wildman–Crippen MR) is 71.0 cm³/mol. The number of hydrogen-bond acceptors (Lipinski definition) is 3. The van der Waals surface area contributed by atoms with Crippen molar-refractivity contribution in [3.8, 4) is 0 Å². The maximum atomic E-state index is 12.8. The average molecular weight is 254 g/mol. The van der Waals surface area contributed by atoms with Crippen LogP contribution in [0.1, 0.15) is 45.4 Å². The van der Waals surface area contributed by atoms with Crippen molar-refractivity contribution in [2.24, 2.45) is 5.73 Å². The van der Waals surface area contributed by atoms with Crippen molar-refractivity contribution in [3.05, 3.63) is 0 Å². The van der Waals surface area contributed by atoms with Crippen LogP contribution in [-0.4, -0.2) is 39.4 Å². The van der Waals surface area contributed by atoms with Gasteiger partial charge in [0.15, 0.2) is 0 Å². The molecule has 0 aliphatic carbocycles. The molecule has 3 rings (SSSR count). The largest absolute Gasteiger partial charge is 0.335 e. The minimum atomic E-state index is -0.137. The summed E-state index contributed by atoms with van der Waals surface area (Å²) in [7, 11) is 0. The van der Waals surface area contributed by atoms with Gasteiger partial charge in [-0.1, -0.05) is 0 Å². The van der Waals surface area contributed by atoms with Crippen molar-refractivity contribution >= 4 is 17.7 Å². The highest BCUT2D eigenvalue weighted by Crippen LogP contribution is 2.44. The summed E-state index contributed by atoms with van der Waals surface area (Å²) in [5.74, 6) is 1.55. The lowest BCUT2D eigenvalue weighted by Crippen LogP contribution is -2.55. The first-order valence-electron chi connectivity index (χ1n) is 6.82. The molecule has 0 aromatic carbocycles. The highest BCUT2D eigenvalue weighted by molar-refractivity contribution is 8.01. The number of amides is 1. The van der Waals surface area contributed by atoms with Crippen LogP contribution in [-0.2, 0) is 4.79 Å². The third-order valence-electron chi connectivity index (χ3n) is 4.68. The van der Waals surface area contributed by atoms with Crippen LogP contribution in [0.5, 0.6) is 0 Å². The number of rotatable bonds is 1. The number of carbonyl (C=O) groups excluding carboxylic acids is 1. The summed E-state index contributed by atoms with van der Waals surface area (Å²) in [6.07, 6.45) is 6.62. The molecule has 0 spiro atoms. The average Bonchev–Trinajstić information content (AvgIpc) is 2.82. The predicted octanol–water partition coefficient (Wildman–Crippen LogP) is 1.75. The summed E-state index contributed by atoms with van der Waals surface area (Å²) < 4.78 is -0.137. The second-order valence-electron chi connectivity index (χ2n) is 6.01. The van der Waals surface area contributed by atoms with Crippen LogP contribution in [0.4, 0.5) is 0 Å². The van der Waals surface area contributed by atoms with E-state index in [9.17, 15) is 4.79 Å². The van der Waals surface area contributed by atoms with Gasteiger partial charge in [0.05, 0.1) is 4.75 Å². The molecule has 96 valence electrons. The molecule has 1 amide bonds. The number of fused-ring (bicyclic) bond motifs is 2. The Balaban J connectivity index is 1.78. The van der Waals surface area contributed by atoms with Crippen molar-refractivity contribution in [2.45, 2.75) is 68.3 Å². The Labute approximate surface area is 107 Å². The summed E-state index contributed by atoms with van der Waals surface area (Å²) in [5, 5.41) is 0. The Morgan fingerprint density at radius 2 is 2.00 bits per heavy atom. The quantitative estimate of drug-likeness (QED) is 0.775. The monoisotopic (exact) mass is 254 g/mol. The lowest BCUT2D eigenvalue weighted by molar-refractivity contribution is -0.138. The van der Waals surface area contributed by atoms with Crippen LogP contribution in [0.2, 0.25) is 0 Å². The van der Waals surface area contributed by atoms with Gasteiger partial charge in [-0.15, -0.1) is 11.8 Å². The Kier molecular flexibility index (Phi) is 2.90. The number of thioether (sulfide) groups is 1. The van der Waals surface area contributed by atoms with Crippen LogP contribution in [0, 0.1) is 0 Å². The van der Waals surface area contributed by atoms with Gasteiger partial charge in [0, 0.05) is 18.1 Å². The summed E-state index contributed by atoms with van der Waals surface area (Å²) in [5.41, 5.74) is 6.06. The second-order valence-corrected chi connectivity index (χ2v) is 7.61. The summed E-state index contributed by atoms with van der Waals surface area (Å²) in [6, 6.07) is 1.20. The van der Waals surface area contributed by atoms with Crippen molar-refractivity contribution in [3.63, 3.8) is 0 Å². The van der Waals surface area contributed by atoms with E-state index in [0.717, 1.165) is 25.0 Å². The van der Waals surface area contributed by atoms with Crippen LogP contribution in [0.3, 0.4) is 0 Å². The number of piperidine rings is 1. The third-order valence-corrected chi connectivity index (χ3v) is 6.18. The SMILES string of the molecule is CC1(C(=O)N2C3CCC2CC(N)C3)CCCS1. The van der Waals surface area contributed by atoms with Crippen LogP contribution in [0.15, 0.2) is 0 Å². The normalized spacial score (nSPS) is 45.3. The van der Waals surface area contributed by atoms with Gasteiger partial charge in [0.1, 0.15) is 0 Å². The van der Waals surface area contributed by atoms with E-state index in [-0.39, 0.29) is 4.75 Å². The zero-order valence-corrected chi connectivity index (χ0v) is 11.3. The van der Waals surface area contributed by atoms with Gasteiger partial charge in [0.2, 0.25) is 5.91 Å². The molecule has 3 heterocycles. The zero-order valence-electron chi connectivity index (χ0n) is 10.5. The molecular weight excluding hydrogens is 232 g/mol. The smallest absolute Gasteiger partial charge is 0.239 e. The van der Waals surface area contributed by atoms with Crippen molar-refractivity contribution in [1.82, 2.24) is 4.90 Å². The van der Waals surface area contributed by atoms with E-state index in [1.165, 1.54) is 19.3 Å². The molecule has 4 heteroatoms. The second kappa shape index (κ2) is 4.16. The molecule has 3 aliphatic rings. The maximum absolute atomic E-state index is 12.8. The summed E-state index contributed by atoms with van der Waals surface area (Å²) in [6.45, 7) is 2.14. The Hall–Kier alpha value is -0.220. The molecule has 3 unspecified atom stereocenters. The molecule has 3 fully saturated rings. The van der Waals surface area contributed by atoms with Gasteiger partial charge in [-0.2, -0.15) is 0 Å². The third kappa shape index (κ3) is 1.89. The maximum Gasteiger partial charge on any atom is 0.239 e. The fraction of sp³-hybridized carbons (Fsp3) is 0.923. The lowest BCUT2D eigenvalue weighted by atomic mass is 9.95. The van der Waals surface area contributed by atoms with Crippen LogP contribution < -0.4 is 5.73 Å². The van der Waals surface area contributed by atoms with E-state index < -0.39 is 0 Å². The number of nitrogens with two attached hydrogens (primary N) is 1. The molecule has 0 radical (unpaired) electrons. The molecule has 3 atom stereocenters. The van der Waals surface area contributed by atoms with Crippen molar-refractivity contribution in [1.29, 1.82) is 0 Å². The molecule has 3 aliphatic heterocycles. The fourth-order valence-electron chi connectivity index (χ4n) is 3.77. The minimum absolute atomic E-state index is 0.137. The van der Waals surface area contributed by atoms with E-state index in [1.54, 1.807) is 0 Å². The Bertz CT molecular complexity index is 313. The molecule has 2 bridgehead atoms. The lowest BCUT2D eigenvalue weighted by Gasteiger charge is -2.41. The van der Waals surface area contributed by atoms with E-state index in [0.29, 0.717) is 24.0 Å². The first kappa shape index (κ1) is 11.8. The van der Waals surface area contributed by atoms with Gasteiger partial charge in [-0.25, -0.2) is 0 Å². The molecule has 17 heavy (non-hydrogen) atoms. The molecule has 3 nitrogen and oxygen atoms in total. The van der Waals surface area contributed by atoms with Crippen LogP contribution >= 0.6 is 11.8 Å². The van der Waals surface area contributed by atoms with E-state index in [4.69, 9.17) is 5.73 Å². The van der Waals surface area contributed by atoms with Crippen LogP contribution in [0.25, 0.3) is 0 Å². The van der Waals surface area contributed by atoms with Gasteiger partial charge >= 0.3 is 0 Å². The standard InChI is InChI=1S/C13H22N2OS/c1-13(5-2-6-17-13)12(16)15-10-3-4-11(15)8-9(14)7-10/h9-11H,2-8,14H2,1H3. The van der Waals surface area contributed by atoms with E-state index in [1.807, 2.05) is 11.8 Å². The highest BCUT2D eigenvalue weighted by atomic mass is 32.2. The first-order valence-corrected chi connectivity index (χ1v) is 7.81. The molecule has 0 aromatic heterocycles.